The first-order valence-electron chi connectivity index (χ1n) is 4.63. The fourth-order valence-electron chi connectivity index (χ4n) is 1.44. The third-order valence-corrected chi connectivity index (χ3v) is 2.13. The van der Waals surface area contributed by atoms with Crippen LogP contribution in [-0.2, 0) is 4.74 Å². The highest BCUT2D eigenvalue weighted by atomic mass is 16.6. The average molecular weight is 206 g/mol. The van der Waals surface area contributed by atoms with Gasteiger partial charge in [0.05, 0.1) is 11.0 Å². The Morgan fingerprint density at radius 1 is 1.53 bits per heavy atom. The van der Waals surface area contributed by atoms with Crippen LogP contribution in [-0.4, -0.2) is 23.5 Å². The predicted molar refractivity (Wildman–Crippen MR) is 55.0 cm³/mol. The minimum Gasteiger partial charge on any atom is -0.475 e. The van der Waals surface area contributed by atoms with Crippen molar-refractivity contribution in [2.75, 3.05) is 6.61 Å². The van der Waals surface area contributed by atoms with Gasteiger partial charge in [0, 0.05) is 6.07 Å². The summed E-state index contributed by atoms with van der Waals surface area (Å²) in [6.45, 7) is 2.39. The van der Waals surface area contributed by atoms with Crippen LogP contribution < -0.4 is 0 Å². The highest BCUT2D eigenvalue weighted by Crippen LogP contribution is 2.21. The fraction of sp³-hybridized carbons (Fsp3) is 0.300. The number of nitrogens with zero attached hydrogens (tertiary/aromatic N) is 2. The van der Waals surface area contributed by atoms with Crippen LogP contribution in [0, 0.1) is 10.1 Å². The standard InChI is InChI=1S/C10H10N2O3/c1-7-6-15-10(11-7)8-4-2-3-5-9(8)12(13)14/h2-5,7H,6H2,1H3/t7-/m0/s1. The van der Waals surface area contributed by atoms with Crippen LogP contribution >= 0.6 is 0 Å². The van der Waals surface area contributed by atoms with Crippen molar-refractivity contribution in [1.82, 2.24) is 0 Å². The molecule has 0 radical (unpaired) electrons. The molecule has 5 nitrogen and oxygen atoms in total. The molecule has 0 N–H and O–H groups in total. The Bertz CT molecular complexity index is 428. The molecule has 1 aliphatic heterocycles. The van der Waals surface area contributed by atoms with E-state index in [9.17, 15) is 10.1 Å². The lowest BCUT2D eigenvalue weighted by Crippen LogP contribution is -2.05. The molecule has 0 bridgehead atoms. The number of benzene rings is 1. The maximum absolute atomic E-state index is 10.8. The highest BCUT2D eigenvalue weighted by molar-refractivity contribution is 5.98. The number of nitro groups is 1. The summed E-state index contributed by atoms with van der Waals surface area (Å²) >= 11 is 0. The third kappa shape index (κ3) is 1.81. The maximum atomic E-state index is 10.8. The SMILES string of the molecule is C[C@H]1COC(c2ccccc2[N+](=O)[O-])=N1. The van der Waals surface area contributed by atoms with Crippen molar-refractivity contribution in [2.45, 2.75) is 13.0 Å². The van der Waals surface area contributed by atoms with Crippen LogP contribution in [0.3, 0.4) is 0 Å². The van der Waals surface area contributed by atoms with Gasteiger partial charge in [-0.2, -0.15) is 0 Å². The van der Waals surface area contributed by atoms with Crippen LogP contribution in [0.25, 0.3) is 0 Å². The summed E-state index contributed by atoms with van der Waals surface area (Å²) in [6, 6.07) is 6.52. The van der Waals surface area contributed by atoms with Crippen molar-refractivity contribution in [3.63, 3.8) is 0 Å². The van der Waals surface area contributed by atoms with Gasteiger partial charge in [-0.25, -0.2) is 4.99 Å². The molecule has 0 saturated heterocycles. The number of aliphatic imine (C=N–C) groups is 1. The van der Waals surface area contributed by atoms with Crippen molar-refractivity contribution >= 4 is 11.6 Å². The summed E-state index contributed by atoms with van der Waals surface area (Å²) in [6.07, 6.45) is 0. The minimum absolute atomic E-state index is 0.0327. The predicted octanol–water partition coefficient (Wildman–Crippen LogP) is 1.76. The van der Waals surface area contributed by atoms with Crippen LogP contribution in [0.5, 0.6) is 0 Å². The molecular weight excluding hydrogens is 196 g/mol. The zero-order valence-electron chi connectivity index (χ0n) is 8.21. The molecule has 1 heterocycles. The van der Waals surface area contributed by atoms with Crippen molar-refractivity contribution < 1.29 is 9.66 Å². The molecule has 0 fully saturated rings. The first-order chi connectivity index (χ1) is 7.18. The van der Waals surface area contributed by atoms with Gasteiger partial charge in [0.25, 0.3) is 5.69 Å². The van der Waals surface area contributed by atoms with Gasteiger partial charge < -0.3 is 4.74 Å². The van der Waals surface area contributed by atoms with E-state index < -0.39 is 4.92 Å². The molecule has 1 atom stereocenters. The average Bonchev–Trinajstić information content (AvgIpc) is 2.65. The van der Waals surface area contributed by atoms with Gasteiger partial charge in [-0.05, 0) is 13.0 Å². The van der Waals surface area contributed by atoms with Crippen molar-refractivity contribution in [1.29, 1.82) is 0 Å². The molecule has 1 aromatic carbocycles. The lowest BCUT2D eigenvalue weighted by atomic mass is 10.2. The first-order valence-corrected chi connectivity index (χ1v) is 4.63. The molecule has 78 valence electrons. The molecule has 0 amide bonds. The van der Waals surface area contributed by atoms with Crippen LogP contribution in [0.4, 0.5) is 5.69 Å². The lowest BCUT2D eigenvalue weighted by Gasteiger charge is -2.01. The lowest BCUT2D eigenvalue weighted by molar-refractivity contribution is -0.385. The number of hydrogen-bond donors (Lipinski definition) is 0. The van der Waals surface area contributed by atoms with Crippen molar-refractivity contribution in [2.24, 2.45) is 4.99 Å². The van der Waals surface area contributed by atoms with E-state index in [0.717, 1.165) is 0 Å². The van der Waals surface area contributed by atoms with E-state index in [1.54, 1.807) is 18.2 Å². The largest absolute Gasteiger partial charge is 0.475 e. The van der Waals surface area contributed by atoms with E-state index in [2.05, 4.69) is 4.99 Å². The summed E-state index contributed by atoms with van der Waals surface area (Å²) in [5, 5.41) is 10.8. The quantitative estimate of drug-likeness (QED) is 0.547. The molecule has 2 rings (SSSR count). The van der Waals surface area contributed by atoms with Gasteiger partial charge in [-0.15, -0.1) is 0 Å². The Morgan fingerprint density at radius 2 is 2.27 bits per heavy atom. The summed E-state index contributed by atoms with van der Waals surface area (Å²) in [5.41, 5.74) is 0.484. The fourth-order valence-corrected chi connectivity index (χ4v) is 1.44. The Kier molecular flexibility index (Phi) is 2.37. The molecule has 0 saturated carbocycles. The third-order valence-electron chi connectivity index (χ3n) is 2.13. The number of ether oxygens (including phenoxy) is 1. The monoisotopic (exact) mass is 206 g/mol. The molecule has 0 aliphatic carbocycles. The number of nitro benzene ring substituents is 1. The molecular formula is C10H10N2O3. The van der Waals surface area contributed by atoms with E-state index in [4.69, 9.17) is 4.74 Å². The van der Waals surface area contributed by atoms with Gasteiger partial charge in [0.15, 0.2) is 0 Å². The Balaban J connectivity index is 2.44. The number of hydrogen-bond acceptors (Lipinski definition) is 4. The van der Waals surface area contributed by atoms with E-state index in [1.165, 1.54) is 6.07 Å². The number of para-hydroxylation sites is 1. The molecule has 1 aliphatic rings. The topological polar surface area (TPSA) is 64.7 Å². The maximum Gasteiger partial charge on any atom is 0.282 e. The van der Waals surface area contributed by atoms with E-state index in [1.807, 2.05) is 6.92 Å². The minimum atomic E-state index is -0.426. The molecule has 15 heavy (non-hydrogen) atoms. The van der Waals surface area contributed by atoms with Gasteiger partial charge in [-0.1, -0.05) is 12.1 Å². The van der Waals surface area contributed by atoms with Gasteiger partial charge in [0.1, 0.15) is 12.2 Å². The van der Waals surface area contributed by atoms with Gasteiger partial charge >= 0.3 is 0 Å². The van der Waals surface area contributed by atoms with Crippen LogP contribution in [0.2, 0.25) is 0 Å². The molecule has 0 spiro atoms. The Labute approximate surface area is 86.5 Å². The second-order valence-electron chi connectivity index (χ2n) is 3.37. The van der Waals surface area contributed by atoms with E-state index in [0.29, 0.717) is 18.1 Å². The molecule has 1 aromatic rings. The van der Waals surface area contributed by atoms with Gasteiger partial charge in [0.2, 0.25) is 5.90 Å². The van der Waals surface area contributed by atoms with Crippen LogP contribution in [0.15, 0.2) is 29.3 Å². The molecule has 5 heteroatoms. The molecule has 0 unspecified atom stereocenters. The molecule has 0 aromatic heterocycles. The summed E-state index contributed by atoms with van der Waals surface area (Å²) in [4.78, 5) is 14.5. The zero-order chi connectivity index (χ0) is 10.8. The van der Waals surface area contributed by atoms with Gasteiger partial charge in [-0.3, -0.25) is 10.1 Å². The summed E-state index contributed by atoms with van der Waals surface area (Å²) in [5.74, 6) is 0.370. The van der Waals surface area contributed by atoms with Crippen molar-refractivity contribution in [3.8, 4) is 0 Å². The normalized spacial score (nSPS) is 19.5. The Hall–Kier alpha value is -1.91. The Morgan fingerprint density at radius 3 is 2.87 bits per heavy atom. The van der Waals surface area contributed by atoms with E-state index >= 15 is 0 Å². The second-order valence-corrected chi connectivity index (χ2v) is 3.37. The summed E-state index contributed by atoms with van der Waals surface area (Å²) < 4.78 is 5.29. The summed E-state index contributed by atoms with van der Waals surface area (Å²) in [7, 11) is 0. The van der Waals surface area contributed by atoms with E-state index in [-0.39, 0.29) is 11.7 Å². The van der Waals surface area contributed by atoms with Crippen molar-refractivity contribution in [3.05, 3.63) is 39.9 Å². The highest BCUT2D eigenvalue weighted by Gasteiger charge is 2.23. The first kappa shape index (κ1) is 9.64. The van der Waals surface area contributed by atoms with Crippen LogP contribution in [0.1, 0.15) is 12.5 Å². The second kappa shape index (κ2) is 3.68. The zero-order valence-corrected chi connectivity index (χ0v) is 8.21. The number of rotatable bonds is 2. The smallest absolute Gasteiger partial charge is 0.282 e.